The van der Waals surface area contributed by atoms with E-state index in [9.17, 15) is 22.0 Å². The molecular weight excluding hydrogens is 237 g/mol. The van der Waals surface area contributed by atoms with Crippen molar-refractivity contribution in [2.24, 2.45) is 0 Å². The molecule has 0 radical (unpaired) electrons. The summed E-state index contributed by atoms with van der Waals surface area (Å²) >= 11 is 0. The van der Waals surface area contributed by atoms with Gasteiger partial charge in [-0.1, -0.05) is 0 Å². The smallest absolute Gasteiger partial charge is 0.456 e. The standard InChI is InChI=1S/C7H6F5N3O/c8-6(9,7(10,11)12)3-16-4-1-2-14-5(13)15-4/h1-2H,3H2,(H2,13,14,15). The molecule has 0 fully saturated rings. The maximum Gasteiger partial charge on any atom is 0.456 e. The normalized spacial score (nSPS) is 12.6. The summed E-state index contributed by atoms with van der Waals surface area (Å²) in [6, 6.07) is 1.02. The van der Waals surface area contributed by atoms with Gasteiger partial charge in [-0.25, -0.2) is 4.98 Å². The highest BCUT2D eigenvalue weighted by Gasteiger charge is 2.58. The van der Waals surface area contributed by atoms with Crippen LogP contribution in [0.4, 0.5) is 27.9 Å². The number of aromatic nitrogens is 2. The third-order valence-corrected chi connectivity index (χ3v) is 1.46. The summed E-state index contributed by atoms with van der Waals surface area (Å²) in [5.74, 6) is -5.67. The van der Waals surface area contributed by atoms with E-state index in [0.717, 1.165) is 12.3 Å². The average molecular weight is 243 g/mol. The van der Waals surface area contributed by atoms with Gasteiger partial charge in [0.05, 0.1) is 0 Å². The first-order valence-electron chi connectivity index (χ1n) is 3.88. The molecule has 90 valence electrons. The average Bonchev–Trinajstić information content (AvgIpc) is 2.13. The fourth-order valence-corrected chi connectivity index (χ4v) is 0.683. The van der Waals surface area contributed by atoms with Crippen LogP contribution in [0.25, 0.3) is 0 Å². The van der Waals surface area contributed by atoms with Crippen molar-refractivity contribution in [2.45, 2.75) is 12.1 Å². The van der Waals surface area contributed by atoms with Crippen LogP contribution in [0.2, 0.25) is 0 Å². The molecule has 4 nitrogen and oxygen atoms in total. The zero-order valence-electron chi connectivity index (χ0n) is 7.63. The molecule has 0 aliphatic carbocycles. The van der Waals surface area contributed by atoms with Gasteiger partial charge in [-0.15, -0.1) is 0 Å². The van der Waals surface area contributed by atoms with Gasteiger partial charge < -0.3 is 10.5 Å². The lowest BCUT2D eigenvalue weighted by Crippen LogP contribution is -2.41. The van der Waals surface area contributed by atoms with Gasteiger partial charge in [-0.3, -0.25) is 0 Å². The Morgan fingerprint density at radius 1 is 1.25 bits per heavy atom. The quantitative estimate of drug-likeness (QED) is 0.819. The number of nitrogens with two attached hydrogens (primary N) is 1. The van der Waals surface area contributed by atoms with Crippen molar-refractivity contribution in [3.05, 3.63) is 12.3 Å². The van der Waals surface area contributed by atoms with Crippen LogP contribution in [0, 0.1) is 0 Å². The third-order valence-electron chi connectivity index (χ3n) is 1.46. The van der Waals surface area contributed by atoms with E-state index in [-0.39, 0.29) is 5.95 Å². The number of nitrogen functional groups attached to an aromatic ring is 1. The maximum absolute atomic E-state index is 12.4. The second-order valence-electron chi connectivity index (χ2n) is 2.74. The van der Waals surface area contributed by atoms with E-state index in [0.29, 0.717) is 0 Å². The fraction of sp³-hybridized carbons (Fsp3) is 0.429. The van der Waals surface area contributed by atoms with Crippen molar-refractivity contribution in [2.75, 3.05) is 12.3 Å². The Balaban J connectivity index is 2.65. The Bertz CT molecular complexity index is 367. The third kappa shape index (κ3) is 2.91. The van der Waals surface area contributed by atoms with Crippen LogP contribution >= 0.6 is 0 Å². The first kappa shape index (κ1) is 12.4. The van der Waals surface area contributed by atoms with E-state index in [1.165, 1.54) is 0 Å². The van der Waals surface area contributed by atoms with Crippen molar-refractivity contribution >= 4 is 5.95 Å². The largest absolute Gasteiger partial charge is 0.471 e. The zero-order chi connectivity index (χ0) is 12.4. The van der Waals surface area contributed by atoms with Gasteiger partial charge in [0.1, 0.15) is 0 Å². The molecule has 1 aromatic rings. The molecule has 0 saturated carbocycles. The topological polar surface area (TPSA) is 61.0 Å². The second kappa shape index (κ2) is 4.06. The molecular formula is C7H6F5N3O. The number of alkyl halides is 5. The number of anilines is 1. The Kier molecular flexibility index (Phi) is 3.15. The predicted octanol–water partition coefficient (Wildman–Crippen LogP) is 1.64. The SMILES string of the molecule is Nc1nccc(OCC(F)(F)C(F)(F)F)n1. The number of halogens is 5. The molecule has 1 aromatic heterocycles. The van der Waals surface area contributed by atoms with E-state index in [1.807, 2.05) is 0 Å². The van der Waals surface area contributed by atoms with Gasteiger partial charge in [0.15, 0.2) is 6.61 Å². The monoisotopic (exact) mass is 243 g/mol. The first-order valence-corrected chi connectivity index (χ1v) is 3.88. The Labute approximate surface area is 86.2 Å². The van der Waals surface area contributed by atoms with E-state index >= 15 is 0 Å². The Hall–Kier alpha value is -1.67. The van der Waals surface area contributed by atoms with Crippen molar-refractivity contribution < 1.29 is 26.7 Å². The van der Waals surface area contributed by atoms with Crippen molar-refractivity contribution in [1.29, 1.82) is 0 Å². The predicted molar refractivity (Wildman–Crippen MR) is 42.9 cm³/mol. The number of hydrogen-bond donors (Lipinski definition) is 1. The molecule has 0 atom stereocenters. The minimum absolute atomic E-state index is 0.284. The summed E-state index contributed by atoms with van der Waals surface area (Å²) in [7, 11) is 0. The summed E-state index contributed by atoms with van der Waals surface area (Å²) in [6.07, 6.45) is -4.59. The minimum atomic E-state index is -5.66. The number of hydrogen-bond acceptors (Lipinski definition) is 4. The highest BCUT2D eigenvalue weighted by atomic mass is 19.4. The molecule has 1 rings (SSSR count). The van der Waals surface area contributed by atoms with Crippen LogP contribution in [0.15, 0.2) is 12.3 Å². The van der Waals surface area contributed by atoms with E-state index in [4.69, 9.17) is 5.73 Å². The van der Waals surface area contributed by atoms with Crippen molar-refractivity contribution in [3.63, 3.8) is 0 Å². The molecule has 16 heavy (non-hydrogen) atoms. The summed E-state index contributed by atoms with van der Waals surface area (Å²) in [5.41, 5.74) is 5.07. The van der Waals surface area contributed by atoms with Crippen LogP contribution in [0.5, 0.6) is 5.88 Å². The van der Waals surface area contributed by atoms with E-state index < -0.39 is 24.6 Å². The maximum atomic E-state index is 12.4. The van der Waals surface area contributed by atoms with Crippen LogP contribution in [0.1, 0.15) is 0 Å². The Morgan fingerprint density at radius 3 is 2.38 bits per heavy atom. The van der Waals surface area contributed by atoms with Gasteiger partial charge in [-0.05, 0) is 0 Å². The molecule has 2 N–H and O–H groups in total. The van der Waals surface area contributed by atoms with Gasteiger partial charge in [-0.2, -0.15) is 26.9 Å². The molecule has 1 heterocycles. The van der Waals surface area contributed by atoms with Crippen LogP contribution in [-0.2, 0) is 0 Å². The van der Waals surface area contributed by atoms with Gasteiger partial charge in [0, 0.05) is 12.3 Å². The lowest BCUT2D eigenvalue weighted by Gasteiger charge is -2.19. The molecule has 0 unspecified atom stereocenters. The molecule has 0 spiro atoms. The highest BCUT2D eigenvalue weighted by molar-refractivity contribution is 5.20. The van der Waals surface area contributed by atoms with Gasteiger partial charge >= 0.3 is 12.1 Å². The summed E-state index contributed by atoms with van der Waals surface area (Å²) in [4.78, 5) is 6.71. The zero-order valence-corrected chi connectivity index (χ0v) is 7.63. The van der Waals surface area contributed by atoms with Gasteiger partial charge in [0.25, 0.3) is 0 Å². The number of ether oxygens (including phenoxy) is 1. The molecule has 0 aromatic carbocycles. The second-order valence-corrected chi connectivity index (χ2v) is 2.74. The summed E-state index contributed by atoms with van der Waals surface area (Å²) in [5, 5.41) is 0. The minimum Gasteiger partial charge on any atom is -0.471 e. The Morgan fingerprint density at radius 2 is 1.88 bits per heavy atom. The summed E-state index contributed by atoms with van der Waals surface area (Å²) < 4.78 is 64.1. The lowest BCUT2D eigenvalue weighted by atomic mass is 10.3. The van der Waals surface area contributed by atoms with E-state index in [2.05, 4.69) is 14.7 Å². The van der Waals surface area contributed by atoms with Crippen molar-refractivity contribution in [3.8, 4) is 5.88 Å². The molecule has 0 aliphatic rings. The molecule has 0 bridgehead atoms. The fourth-order valence-electron chi connectivity index (χ4n) is 0.683. The van der Waals surface area contributed by atoms with Crippen LogP contribution in [-0.4, -0.2) is 28.7 Å². The molecule has 0 amide bonds. The highest BCUT2D eigenvalue weighted by Crippen LogP contribution is 2.35. The van der Waals surface area contributed by atoms with E-state index in [1.54, 1.807) is 0 Å². The van der Waals surface area contributed by atoms with Gasteiger partial charge in [0.2, 0.25) is 11.8 Å². The molecule has 0 saturated heterocycles. The number of rotatable bonds is 3. The number of nitrogens with zero attached hydrogens (tertiary/aromatic N) is 2. The summed E-state index contributed by atoms with van der Waals surface area (Å²) in [6.45, 7) is -1.85. The van der Waals surface area contributed by atoms with Crippen LogP contribution in [0.3, 0.4) is 0 Å². The lowest BCUT2D eigenvalue weighted by molar-refractivity contribution is -0.290. The molecule has 0 aliphatic heterocycles. The molecule has 9 heteroatoms. The van der Waals surface area contributed by atoms with Crippen molar-refractivity contribution in [1.82, 2.24) is 9.97 Å². The first-order chi connectivity index (χ1) is 7.22. The van der Waals surface area contributed by atoms with Crippen LogP contribution < -0.4 is 10.5 Å².